The van der Waals surface area contributed by atoms with Crippen LogP contribution in [0, 0.1) is 5.92 Å². The third kappa shape index (κ3) is 2.55. The molecule has 4 heteroatoms. The summed E-state index contributed by atoms with van der Waals surface area (Å²) in [6.07, 6.45) is 4.29. The van der Waals surface area contributed by atoms with Gasteiger partial charge in [0.2, 0.25) is 5.91 Å². The van der Waals surface area contributed by atoms with Gasteiger partial charge in [-0.05, 0) is 54.0 Å². The van der Waals surface area contributed by atoms with E-state index in [1.54, 1.807) is 7.11 Å². The van der Waals surface area contributed by atoms with Gasteiger partial charge in [0.1, 0.15) is 5.75 Å². The van der Waals surface area contributed by atoms with Crippen molar-refractivity contribution in [3.05, 3.63) is 51.7 Å². The van der Waals surface area contributed by atoms with E-state index in [1.807, 2.05) is 23.5 Å². The van der Waals surface area contributed by atoms with Crippen LogP contribution in [0.3, 0.4) is 0 Å². The summed E-state index contributed by atoms with van der Waals surface area (Å²) in [4.78, 5) is 16.5. The first kappa shape index (κ1) is 14.8. The monoisotopic (exact) mass is 327 g/mol. The van der Waals surface area contributed by atoms with Gasteiger partial charge in [-0.1, -0.05) is 18.6 Å². The van der Waals surface area contributed by atoms with Crippen LogP contribution in [0.1, 0.15) is 41.3 Å². The van der Waals surface area contributed by atoms with E-state index in [9.17, 15) is 4.79 Å². The second kappa shape index (κ2) is 6.00. The summed E-state index contributed by atoms with van der Waals surface area (Å²) in [5, 5.41) is 2.15. The lowest BCUT2D eigenvalue weighted by atomic mass is 9.82. The molecule has 2 aliphatic rings. The highest BCUT2D eigenvalue weighted by molar-refractivity contribution is 7.10. The number of thiophene rings is 1. The largest absolute Gasteiger partial charge is 0.497 e. The van der Waals surface area contributed by atoms with E-state index in [1.165, 1.54) is 22.4 Å². The summed E-state index contributed by atoms with van der Waals surface area (Å²) >= 11 is 1.81. The number of hydrogen-bond acceptors (Lipinski definition) is 3. The summed E-state index contributed by atoms with van der Waals surface area (Å²) in [5.74, 6) is 1.44. The minimum Gasteiger partial charge on any atom is -0.497 e. The van der Waals surface area contributed by atoms with Crippen molar-refractivity contribution >= 4 is 17.2 Å². The molecule has 1 aromatic heterocycles. The highest BCUT2D eigenvalue weighted by Gasteiger charge is 2.37. The fraction of sp³-hybridized carbons (Fsp3) is 0.421. The van der Waals surface area contributed by atoms with Gasteiger partial charge < -0.3 is 9.64 Å². The summed E-state index contributed by atoms with van der Waals surface area (Å²) in [6.45, 7) is 0.833. The fourth-order valence-electron chi connectivity index (χ4n) is 3.59. The molecule has 23 heavy (non-hydrogen) atoms. The van der Waals surface area contributed by atoms with Gasteiger partial charge in [-0.3, -0.25) is 4.79 Å². The summed E-state index contributed by atoms with van der Waals surface area (Å²) in [6, 6.07) is 10.4. The van der Waals surface area contributed by atoms with Crippen LogP contribution in [-0.2, 0) is 11.2 Å². The molecule has 1 amide bonds. The zero-order valence-electron chi connectivity index (χ0n) is 13.3. The lowest BCUT2D eigenvalue weighted by Crippen LogP contribution is -2.44. The van der Waals surface area contributed by atoms with E-state index in [2.05, 4.69) is 28.5 Å². The van der Waals surface area contributed by atoms with Crippen molar-refractivity contribution < 1.29 is 9.53 Å². The Labute approximate surface area is 140 Å². The highest BCUT2D eigenvalue weighted by Crippen LogP contribution is 2.40. The summed E-state index contributed by atoms with van der Waals surface area (Å²) in [5.41, 5.74) is 2.48. The zero-order chi connectivity index (χ0) is 15.8. The van der Waals surface area contributed by atoms with Gasteiger partial charge in [-0.25, -0.2) is 0 Å². The molecule has 1 aliphatic carbocycles. The van der Waals surface area contributed by atoms with E-state index in [0.717, 1.165) is 31.6 Å². The lowest BCUT2D eigenvalue weighted by molar-refractivity contribution is -0.140. The van der Waals surface area contributed by atoms with Gasteiger partial charge >= 0.3 is 0 Å². The Morgan fingerprint density at radius 3 is 2.65 bits per heavy atom. The minimum atomic E-state index is 0.0593. The molecule has 4 rings (SSSR count). The second-order valence-electron chi connectivity index (χ2n) is 6.38. The molecule has 1 atom stereocenters. The average Bonchev–Trinajstić information content (AvgIpc) is 3.01. The quantitative estimate of drug-likeness (QED) is 0.852. The zero-order valence-corrected chi connectivity index (χ0v) is 14.1. The Morgan fingerprint density at radius 1 is 1.22 bits per heavy atom. The number of rotatable bonds is 3. The first-order chi connectivity index (χ1) is 11.3. The van der Waals surface area contributed by atoms with E-state index in [-0.39, 0.29) is 12.0 Å². The Bertz CT molecular complexity index is 702. The average molecular weight is 327 g/mol. The van der Waals surface area contributed by atoms with Crippen molar-refractivity contribution in [1.82, 2.24) is 4.90 Å². The van der Waals surface area contributed by atoms with Crippen LogP contribution in [0.4, 0.5) is 0 Å². The van der Waals surface area contributed by atoms with E-state index in [4.69, 9.17) is 4.74 Å². The molecule has 0 unspecified atom stereocenters. The maximum Gasteiger partial charge on any atom is 0.226 e. The van der Waals surface area contributed by atoms with Gasteiger partial charge in [0.25, 0.3) is 0 Å². The van der Waals surface area contributed by atoms with Crippen molar-refractivity contribution in [2.75, 3.05) is 13.7 Å². The van der Waals surface area contributed by atoms with Crippen LogP contribution in [0.15, 0.2) is 35.7 Å². The number of carbonyl (C=O) groups excluding carboxylic acids is 1. The maximum absolute atomic E-state index is 12.9. The Morgan fingerprint density at radius 2 is 2.00 bits per heavy atom. The molecule has 1 aromatic carbocycles. The van der Waals surface area contributed by atoms with Crippen LogP contribution in [0.5, 0.6) is 5.75 Å². The topological polar surface area (TPSA) is 29.5 Å². The van der Waals surface area contributed by atoms with Crippen molar-refractivity contribution in [1.29, 1.82) is 0 Å². The molecule has 0 saturated heterocycles. The first-order valence-corrected chi connectivity index (χ1v) is 9.16. The highest BCUT2D eigenvalue weighted by atomic mass is 32.1. The number of carbonyl (C=O) groups is 1. The molecule has 0 spiro atoms. The third-order valence-electron chi connectivity index (χ3n) is 5.13. The predicted octanol–water partition coefficient (Wildman–Crippen LogP) is 4.03. The van der Waals surface area contributed by atoms with Crippen molar-refractivity contribution in [3.63, 3.8) is 0 Å². The molecule has 0 bridgehead atoms. The van der Waals surface area contributed by atoms with Crippen LogP contribution < -0.4 is 4.74 Å². The smallest absolute Gasteiger partial charge is 0.226 e. The number of benzene rings is 1. The van der Waals surface area contributed by atoms with E-state index in [0.29, 0.717) is 5.91 Å². The van der Waals surface area contributed by atoms with E-state index < -0.39 is 0 Å². The first-order valence-electron chi connectivity index (χ1n) is 8.28. The fourth-order valence-corrected chi connectivity index (χ4v) is 4.49. The number of ether oxygens (including phenoxy) is 1. The van der Waals surface area contributed by atoms with Crippen LogP contribution in [0.2, 0.25) is 0 Å². The lowest BCUT2D eigenvalue weighted by Gasteiger charge is -2.40. The maximum atomic E-state index is 12.9. The van der Waals surface area contributed by atoms with Gasteiger partial charge in [0.15, 0.2) is 0 Å². The van der Waals surface area contributed by atoms with Gasteiger partial charge in [0.05, 0.1) is 13.2 Å². The van der Waals surface area contributed by atoms with Crippen molar-refractivity contribution in [2.45, 2.75) is 31.7 Å². The minimum absolute atomic E-state index is 0.0593. The summed E-state index contributed by atoms with van der Waals surface area (Å²) in [7, 11) is 1.68. The molecular weight excluding hydrogens is 306 g/mol. The molecule has 1 saturated carbocycles. The molecule has 120 valence electrons. The molecular formula is C19H21NO2S. The molecule has 1 aliphatic heterocycles. The third-order valence-corrected chi connectivity index (χ3v) is 6.13. The van der Waals surface area contributed by atoms with E-state index >= 15 is 0 Å². The molecule has 2 heterocycles. The van der Waals surface area contributed by atoms with Crippen LogP contribution in [-0.4, -0.2) is 24.5 Å². The number of nitrogens with zero attached hydrogens (tertiary/aromatic N) is 1. The van der Waals surface area contributed by atoms with Gasteiger partial charge in [-0.15, -0.1) is 11.3 Å². The Kier molecular flexibility index (Phi) is 3.85. The van der Waals surface area contributed by atoms with Crippen LogP contribution >= 0.6 is 11.3 Å². The van der Waals surface area contributed by atoms with Gasteiger partial charge in [0, 0.05) is 17.3 Å². The molecule has 3 nitrogen and oxygen atoms in total. The standard InChI is InChI=1S/C19H21NO2S/c1-22-15-7-5-13(6-8-15)18-16-10-12-23-17(16)9-11-20(18)19(21)14-3-2-4-14/h5-8,10,12,14,18H,2-4,9,11H2,1H3/t18-/m1/s1. The number of amides is 1. The predicted molar refractivity (Wildman–Crippen MR) is 91.9 cm³/mol. The Hall–Kier alpha value is -1.81. The van der Waals surface area contributed by atoms with Gasteiger partial charge in [-0.2, -0.15) is 0 Å². The van der Waals surface area contributed by atoms with Crippen LogP contribution in [0.25, 0.3) is 0 Å². The molecule has 0 N–H and O–H groups in total. The number of fused-ring (bicyclic) bond motifs is 1. The number of hydrogen-bond donors (Lipinski definition) is 0. The molecule has 1 fully saturated rings. The second-order valence-corrected chi connectivity index (χ2v) is 7.38. The van der Waals surface area contributed by atoms with Crippen molar-refractivity contribution in [3.8, 4) is 5.75 Å². The van der Waals surface area contributed by atoms with Crippen molar-refractivity contribution in [2.24, 2.45) is 5.92 Å². The summed E-state index contributed by atoms with van der Waals surface area (Å²) < 4.78 is 5.27. The number of methoxy groups -OCH3 is 1. The SMILES string of the molecule is COc1ccc([C@@H]2c3ccsc3CCN2C(=O)C2CCC2)cc1. The molecule has 2 aromatic rings. The molecule has 0 radical (unpaired) electrons. The Balaban J connectivity index is 1.71. The normalized spacial score (nSPS) is 20.7.